The minimum atomic E-state index is -4.48. The third-order valence-electron chi connectivity index (χ3n) is 4.28. The molecule has 0 spiro atoms. The standard InChI is InChI=1S/C17H21F3N2O2/c1-21(10-11-22-9-5-8-15(22)23)16(24)12-14(17(18,19)20)13-6-3-2-4-7-13/h2-4,6-7,14H,5,8-12H2,1H3. The van der Waals surface area contributed by atoms with Gasteiger partial charge in [-0.15, -0.1) is 0 Å². The van der Waals surface area contributed by atoms with Crippen LogP contribution in [-0.4, -0.2) is 54.5 Å². The van der Waals surface area contributed by atoms with Crippen LogP contribution in [-0.2, 0) is 9.59 Å². The van der Waals surface area contributed by atoms with Crippen LogP contribution in [0.3, 0.4) is 0 Å². The molecule has 24 heavy (non-hydrogen) atoms. The van der Waals surface area contributed by atoms with Gasteiger partial charge in [0.25, 0.3) is 0 Å². The fraction of sp³-hybridized carbons (Fsp3) is 0.529. The van der Waals surface area contributed by atoms with Crippen LogP contribution in [0.4, 0.5) is 13.2 Å². The van der Waals surface area contributed by atoms with Crippen molar-refractivity contribution < 1.29 is 22.8 Å². The van der Waals surface area contributed by atoms with Crippen molar-refractivity contribution in [3.63, 3.8) is 0 Å². The molecule has 1 saturated heterocycles. The summed E-state index contributed by atoms with van der Waals surface area (Å²) < 4.78 is 39.9. The molecule has 1 heterocycles. The molecular weight excluding hydrogens is 321 g/mol. The molecular formula is C17H21F3N2O2. The van der Waals surface area contributed by atoms with Crippen LogP contribution in [0.25, 0.3) is 0 Å². The normalized spacial score (nSPS) is 16.3. The third-order valence-corrected chi connectivity index (χ3v) is 4.28. The monoisotopic (exact) mass is 342 g/mol. The van der Waals surface area contributed by atoms with Gasteiger partial charge in [0.1, 0.15) is 0 Å². The Balaban J connectivity index is 1.95. The summed E-state index contributed by atoms with van der Waals surface area (Å²) in [6.45, 7) is 1.25. The number of rotatable bonds is 6. The first-order valence-corrected chi connectivity index (χ1v) is 7.92. The summed E-state index contributed by atoms with van der Waals surface area (Å²) in [6, 6.07) is 7.46. The minimum Gasteiger partial charge on any atom is -0.344 e. The number of carbonyl (C=O) groups is 2. The van der Waals surface area contributed by atoms with E-state index in [4.69, 9.17) is 0 Å². The molecule has 1 aromatic carbocycles. The highest BCUT2D eigenvalue weighted by atomic mass is 19.4. The second-order valence-electron chi connectivity index (χ2n) is 6.01. The van der Waals surface area contributed by atoms with Crippen molar-refractivity contribution in [2.24, 2.45) is 0 Å². The average Bonchev–Trinajstić information content (AvgIpc) is 2.95. The second-order valence-corrected chi connectivity index (χ2v) is 6.01. The summed E-state index contributed by atoms with van der Waals surface area (Å²) in [6.07, 6.45) is -3.82. The van der Waals surface area contributed by atoms with Crippen molar-refractivity contribution in [2.75, 3.05) is 26.7 Å². The zero-order valence-corrected chi connectivity index (χ0v) is 13.6. The number of halogens is 3. The Morgan fingerprint density at radius 2 is 1.96 bits per heavy atom. The van der Waals surface area contributed by atoms with Gasteiger partial charge in [-0.3, -0.25) is 9.59 Å². The SMILES string of the molecule is CN(CCN1CCCC1=O)C(=O)CC(c1ccccc1)C(F)(F)F. The predicted octanol–water partition coefficient (Wildman–Crippen LogP) is 2.80. The summed E-state index contributed by atoms with van der Waals surface area (Å²) in [5.74, 6) is -2.36. The molecule has 1 aromatic rings. The van der Waals surface area contributed by atoms with Gasteiger partial charge in [-0.2, -0.15) is 13.2 Å². The maximum atomic E-state index is 13.3. The topological polar surface area (TPSA) is 40.6 Å². The maximum absolute atomic E-state index is 13.3. The van der Waals surface area contributed by atoms with Crippen LogP contribution < -0.4 is 0 Å². The summed E-state index contributed by atoms with van der Waals surface area (Å²) in [5.41, 5.74) is 0.0847. The van der Waals surface area contributed by atoms with E-state index >= 15 is 0 Å². The number of likely N-dealkylation sites (tertiary alicyclic amines) is 1. The highest BCUT2D eigenvalue weighted by Crippen LogP contribution is 2.37. The second kappa shape index (κ2) is 7.68. The molecule has 2 rings (SSSR count). The zero-order valence-electron chi connectivity index (χ0n) is 13.6. The molecule has 0 aromatic heterocycles. The van der Waals surface area contributed by atoms with Crippen molar-refractivity contribution in [3.8, 4) is 0 Å². The van der Waals surface area contributed by atoms with Crippen LogP contribution >= 0.6 is 0 Å². The van der Waals surface area contributed by atoms with Gasteiger partial charge in [0.15, 0.2) is 0 Å². The number of alkyl halides is 3. The quantitative estimate of drug-likeness (QED) is 0.798. The number of amides is 2. The molecule has 7 heteroatoms. The minimum absolute atomic E-state index is 0.0355. The molecule has 1 aliphatic rings. The summed E-state index contributed by atoms with van der Waals surface area (Å²) in [5, 5.41) is 0. The molecule has 0 bridgehead atoms. The van der Waals surface area contributed by atoms with Crippen molar-refractivity contribution in [2.45, 2.75) is 31.4 Å². The fourth-order valence-corrected chi connectivity index (χ4v) is 2.77. The van der Waals surface area contributed by atoms with E-state index in [9.17, 15) is 22.8 Å². The Bertz CT molecular complexity index is 575. The van der Waals surface area contributed by atoms with Gasteiger partial charge < -0.3 is 9.80 Å². The molecule has 0 aliphatic carbocycles. The van der Waals surface area contributed by atoms with Gasteiger partial charge in [-0.25, -0.2) is 0 Å². The number of hydrogen-bond donors (Lipinski definition) is 0. The van der Waals surface area contributed by atoms with E-state index in [0.29, 0.717) is 19.5 Å². The van der Waals surface area contributed by atoms with E-state index in [2.05, 4.69) is 0 Å². The van der Waals surface area contributed by atoms with E-state index < -0.39 is 24.4 Å². The Morgan fingerprint density at radius 3 is 2.50 bits per heavy atom. The van der Waals surface area contributed by atoms with Crippen molar-refractivity contribution in [1.29, 1.82) is 0 Å². The molecule has 0 radical (unpaired) electrons. The largest absolute Gasteiger partial charge is 0.396 e. The third kappa shape index (κ3) is 4.72. The van der Waals surface area contributed by atoms with Crippen molar-refractivity contribution in [3.05, 3.63) is 35.9 Å². The van der Waals surface area contributed by atoms with Crippen LogP contribution in [0.1, 0.15) is 30.7 Å². The molecule has 132 valence electrons. The lowest BCUT2D eigenvalue weighted by atomic mass is 9.94. The van der Waals surface area contributed by atoms with Gasteiger partial charge in [0.05, 0.1) is 5.92 Å². The Labute approximate surface area is 139 Å². The van der Waals surface area contributed by atoms with Gasteiger partial charge in [0, 0.05) is 39.5 Å². The number of carbonyl (C=O) groups excluding carboxylic acids is 2. The lowest BCUT2D eigenvalue weighted by molar-refractivity contribution is -0.160. The first-order chi connectivity index (χ1) is 11.3. The zero-order chi connectivity index (χ0) is 17.7. The van der Waals surface area contributed by atoms with Crippen molar-refractivity contribution >= 4 is 11.8 Å². The number of nitrogens with zero attached hydrogens (tertiary/aromatic N) is 2. The van der Waals surface area contributed by atoms with Gasteiger partial charge in [0.2, 0.25) is 11.8 Å². The molecule has 1 aliphatic heterocycles. The van der Waals surface area contributed by atoms with Crippen LogP contribution in [0.5, 0.6) is 0 Å². The van der Waals surface area contributed by atoms with Crippen LogP contribution in [0.2, 0.25) is 0 Å². The van der Waals surface area contributed by atoms with Crippen LogP contribution in [0.15, 0.2) is 30.3 Å². The highest BCUT2D eigenvalue weighted by molar-refractivity contribution is 5.78. The molecule has 1 atom stereocenters. The van der Waals surface area contributed by atoms with Gasteiger partial charge in [-0.1, -0.05) is 30.3 Å². The lowest BCUT2D eigenvalue weighted by Gasteiger charge is -2.25. The van der Waals surface area contributed by atoms with E-state index in [1.807, 2.05) is 0 Å². The molecule has 0 N–H and O–H groups in total. The van der Waals surface area contributed by atoms with E-state index in [1.165, 1.54) is 36.2 Å². The first kappa shape index (κ1) is 18.3. The Hall–Kier alpha value is -2.05. The van der Waals surface area contributed by atoms with E-state index in [-0.39, 0.29) is 18.0 Å². The fourth-order valence-electron chi connectivity index (χ4n) is 2.77. The molecule has 0 saturated carbocycles. The number of hydrogen-bond acceptors (Lipinski definition) is 2. The molecule has 2 amide bonds. The first-order valence-electron chi connectivity index (χ1n) is 7.92. The van der Waals surface area contributed by atoms with Crippen molar-refractivity contribution in [1.82, 2.24) is 9.80 Å². The number of likely N-dealkylation sites (N-methyl/N-ethyl adjacent to an activating group) is 1. The highest BCUT2D eigenvalue weighted by Gasteiger charge is 2.42. The predicted molar refractivity (Wildman–Crippen MR) is 83.3 cm³/mol. The van der Waals surface area contributed by atoms with Gasteiger partial charge >= 0.3 is 6.18 Å². The van der Waals surface area contributed by atoms with E-state index in [0.717, 1.165) is 6.42 Å². The van der Waals surface area contributed by atoms with Crippen LogP contribution in [0, 0.1) is 0 Å². The molecule has 4 nitrogen and oxygen atoms in total. The summed E-state index contributed by atoms with van der Waals surface area (Å²) in [7, 11) is 1.47. The van der Waals surface area contributed by atoms with Gasteiger partial charge in [-0.05, 0) is 12.0 Å². The smallest absolute Gasteiger partial charge is 0.344 e. The number of benzene rings is 1. The maximum Gasteiger partial charge on any atom is 0.396 e. The Morgan fingerprint density at radius 1 is 1.29 bits per heavy atom. The summed E-state index contributed by atoms with van der Waals surface area (Å²) in [4.78, 5) is 26.6. The molecule has 1 fully saturated rings. The molecule has 1 unspecified atom stereocenters. The lowest BCUT2D eigenvalue weighted by Crippen LogP contribution is -2.38. The average molecular weight is 342 g/mol. The summed E-state index contributed by atoms with van der Waals surface area (Å²) >= 11 is 0. The Kier molecular flexibility index (Phi) is 5.85. The van der Waals surface area contributed by atoms with E-state index in [1.54, 1.807) is 11.0 Å².